The summed E-state index contributed by atoms with van der Waals surface area (Å²) in [5.41, 5.74) is 11.4. The second-order valence-electron chi connectivity index (χ2n) is 16.5. The van der Waals surface area contributed by atoms with Gasteiger partial charge in [-0.25, -0.2) is 19.9 Å². The molecule has 0 atom stereocenters. The molecule has 0 aliphatic rings. The molecule has 3 aromatic heterocycles. The van der Waals surface area contributed by atoms with Crippen LogP contribution in [-0.2, 0) is 6.18 Å². The van der Waals surface area contributed by atoms with Crippen molar-refractivity contribution in [3.05, 3.63) is 223 Å². The highest BCUT2D eigenvalue weighted by Crippen LogP contribution is 2.44. The number of hydrogen-bond donors (Lipinski definition) is 0. The molecule has 11 rings (SSSR count). The number of fused-ring (bicyclic) bond motifs is 3. The maximum absolute atomic E-state index is 13.8. The van der Waals surface area contributed by atoms with Crippen molar-refractivity contribution >= 4 is 21.8 Å². The van der Waals surface area contributed by atoms with Crippen molar-refractivity contribution in [2.24, 2.45) is 0 Å². The van der Waals surface area contributed by atoms with Crippen LogP contribution < -0.4 is 0 Å². The van der Waals surface area contributed by atoms with Gasteiger partial charge in [-0.2, -0.15) is 18.4 Å². The smallest absolute Gasteiger partial charge is 0.308 e. The Morgan fingerprint density at radius 3 is 1.40 bits per heavy atom. The average Bonchev–Trinajstić information content (AvgIpc) is 3.72. The molecular weight excluding hydrogens is 850 g/mol. The van der Waals surface area contributed by atoms with Crippen LogP contribution in [0.3, 0.4) is 0 Å². The highest BCUT2D eigenvalue weighted by Gasteiger charge is 2.31. The van der Waals surface area contributed by atoms with Gasteiger partial charge in [0.1, 0.15) is 0 Å². The number of halogens is 3. The summed E-state index contributed by atoms with van der Waals surface area (Å²) >= 11 is 0. The molecule has 11 aromatic rings. The molecule has 8 aromatic carbocycles. The fraction of sp³-hybridized carbons (Fsp3) is 0.0339. The minimum atomic E-state index is -4.46. The van der Waals surface area contributed by atoms with Crippen LogP contribution >= 0.6 is 0 Å². The van der Waals surface area contributed by atoms with Crippen molar-refractivity contribution in [2.75, 3.05) is 0 Å². The van der Waals surface area contributed by atoms with Crippen molar-refractivity contribution in [2.45, 2.75) is 13.1 Å². The Labute approximate surface area is 390 Å². The van der Waals surface area contributed by atoms with Gasteiger partial charge in [-0.15, -0.1) is 0 Å². The van der Waals surface area contributed by atoms with E-state index in [0.717, 1.165) is 55.7 Å². The lowest BCUT2D eigenvalue weighted by molar-refractivity contribution is -0.137. The normalized spacial score (nSPS) is 11.5. The molecule has 0 bridgehead atoms. The molecular formula is C59H37F3N6. The number of nitriles is 1. The van der Waals surface area contributed by atoms with Gasteiger partial charge in [-0.1, -0.05) is 152 Å². The number of rotatable bonds is 8. The molecule has 324 valence electrons. The summed E-state index contributed by atoms with van der Waals surface area (Å²) < 4.78 is 43.6. The van der Waals surface area contributed by atoms with Gasteiger partial charge in [0, 0.05) is 44.2 Å². The molecule has 0 aliphatic heterocycles. The molecule has 6 nitrogen and oxygen atoms in total. The Hall–Kier alpha value is -9.00. The van der Waals surface area contributed by atoms with Crippen LogP contribution in [0, 0.1) is 18.3 Å². The summed E-state index contributed by atoms with van der Waals surface area (Å²) in [5, 5.41) is 12.7. The zero-order valence-corrected chi connectivity index (χ0v) is 36.4. The van der Waals surface area contributed by atoms with E-state index < -0.39 is 11.7 Å². The fourth-order valence-electron chi connectivity index (χ4n) is 8.99. The van der Waals surface area contributed by atoms with Gasteiger partial charge >= 0.3 is 6.18 Å². The topological polar surface area (TPSA) is 80.3 Å². The average molecular weight is 887 g/mol. The Balaban J connectivity index is 1.26. The van der Waals surface area contributed by atoms with Gasteiger partial charge in [0.15, 0.2) is 11.6 Å². The van der Waals surface area contributed by atoms with Crippen LogP contribution in [0.4, 0.5) is 13.2 Å². The predicted octanol–water partition coefficient (Wildman–Crippen LogP) is 15.2. The molecule has 0 spiro atoms. The molecule has 0 fully saturated rings. The molecule has 3 heterocycles. The quantitative estimate of drug-likeness (QED) is 0.152. The number of aryl methyl sites for hydroxylation is 1. The largest absolute Gasteiger partial charge is 0.416 e. The molecule has 0 amide bonds. The maximum Gasteiger partial charge on any atom is 0.416 e. The van der Waals surface area contributed by atoms with Crippen LogP contribution in [0.25, 0.3) is 106 Å². The summed E-state index contributed by atoms with van der Waals surface area (Å²) in [6, 6.07) is 67.6. The van der Waals surface area contributed by atoms with E-state index in [9.17, 15) is 18.4 Å². The lowest BCUT2D eigenvalue weighted by Gasteiger charge is -2.20. The SMILES string of the molecule is Cc1cc(C(F)(F)F)ccc1-c1ccc2c(c1)c1ccccc1n2-c1c(-c2cc(-c3ccccc3)nc(-c3ccccc3)n2)cc(C#N)cc1-c1cc(-c2ccccc2)nc(-c2ccccc2)n1. The fourth-order valence-corrected chi connectivity index (χ4v) is 8.99. The summed E-state index contributed by atoms with van der Waals surface area (Å²) in [5.74, 6) is 1.02. The third-order valence-corrected chi connectivity index (χ3v) is 12.2. The molecule has 0 saturated carbocycles. The van der Waals surface area contributed by atoms with Gasteiger partial charge in [0.2, 0.25) is 0 Å². The lowest BCUT2D eigenvalue weighted by atomic mass is 9.95. The highest BCUT2D eigenvalue weighted by molar-refractivity contribution is 6.12. The minimum absolute atomic E-state index is 0.391. The van der Waals surface area contributed by atoms with E-state index in [1.165, 1.54) is 6.07 Å². The first-order valence-electron chi connectivity index (χ1n) is 22.0. The number of aromatic nitrogens is 5. The first-order valence-corrected chi connectivity index (χ1v) is 22.0. The Bertz CT molecular complexity index is 3470. The third kappa shape index (κ3) is 7.74. The molecule has 0 aliphatic carbocycles. The maximum atomic E-state index is 13.8. The second-order valence-corrected chi connectivity index (χ2v) is 16.5. The number of benzene rings is 8. The van der Waals surface area contributed by atoms with Gasteiger partial charge < -0.3 is 4.57 Å². The number of alkyl halides is 3. The van der Waals surface area contributed by atoms with E-state index in [0.29, 0.717) is 67.9 Å². The number of nitrogens with zero attached hydrogens (tertiary/aromatic N) is 6. The van der Waals surface area contributed by atoms with Gasteiger partial charge in [0.25, 0.3) is 0 Å². The number of hydrogen-bond acceptors (Lipinski definition) is 5. The highest BCUT2D eigenvalue weighted by atomic mass is 19.4. The lowest BCUT2D eigenvalue weighted by Crippen LogP contribution is -2.05. The minimum Gasteiger partial charge on any atom is -0.308 e. The van der Waals surface area contributed by atoms with Crippen molar-refractivity contribution < 1.29 is 13.2 Å². The Morgan fingerprint density at radius 2 is 0.897 bits per heavy atom. The summed E-state index contributed by atoms with van der Waals surface area (Å²) in [6.45, 7) is 1.71. The zero-order chi connectivity index (χ0) is 46.4. The molecule has 9 heteroatoms. The van der Waals surface area contributed by atoms with Crippen LogP contribution in [0.5, 0.6) is 0 Å². The molecule has 0 radical (unpaired) electrons. The van der Waals surface area contributed by atoms with Gasteiger partial charge in [-0.3, -0.25) is 0 Å². The third-order valence-electron chi connectivity index (χ3n) is 12.2. The van der Waals surface area contributed by atoms with Crippen molar-refractivity contribution in [3.8, 4) is 90.7 Å². The Morgan fingerprint density at radius 1 is 0.426 bits per heavy atom. The van der Waals surface area contributed by atoms with E-state index in [4.69, 9.17) is 19.9 Å². The molecule has 0 N–H and O–H groups in total. The van der Waals surface area contributed by atoms with Crippen LogP contribution in [-0.4, -0.2) is 24.5 Å². The van der Waals surface area contributed by atoms with Crippen molar-refractivity contribution in [1.29, 1.82) is 5.26 Å². The van der Waals surface area contributed by atoms with E-state index in [-0.39, 0.29) is 0 Å². The van der Waals surface area contributed by atoms with Crippen molar-refractivity contribution in [1.82, 2.24) is 24.5 Å². The van der Waals surface area contributed by atoms with Crippen LogP contribution in [0.15, 0.2) is 206 Å². The van der Waals surface area contributed by atoms with E-state index in [2.05, 4.69) is 22.8 Å². The molecule has 0 saturated heterocycles. The first-order chi connectivity index (χ1) is 33.2. The van der Waals surface area contributed by atoms with Crippen LogP contribution in [0.2, 0.25) is 0 Å². The molecule has 0 unspecified atom stereocenters. The van der Waals surface area contributed by atoms with E-state index in [1.54, 1.807) is 13.0 Å². The first kappa shape index (κ1) is 41.7. The van der Waals surface area contributed by atoms with Gasteiger partial charge in [-0.05, 0) is 78.2 Å². The molecule has 68 heavy (non-hydrogen) atoms. The number of para-hydroxylation sites is 1. The summed E-state index contributed by atoms with van der Waals surface area (Å²) in [4.78, 5) is 20.8. The van der Waals surface area contributed by atoms with Crippen LogP contribution in [0.1, 0.15) is 16.7 Å². The van der Waals surface area contributed by atoms with E-state index >= 15 is 0 Å². The van der Waals surface area contributed by atoms with Crippen molar-refractivity contribution in [3.63, 3.8) is 0 Å². The Kier molecular flexibility index (Phi) is 10.5. The summed E-state index contributed by atoms with van der Waals surface area (Å²) in [7, 11) is 0. The summed E-state index contributed by atoms with van der Waals surface area (Å²) in [6.07, 6.45) is -4.46. The monoisotopic (exact) mass is 886 g/mol. The van der Waals surface area contributed by atoms with Gasteiger partial charge in [0.05, 0.1) is 56.7 Å². The second kappa shape index (κ2) is 17.1. The predicted molar refractivity (Wildman–Crippen MR) is 264 cm³/mol. The standard InChI is InChI=1S/C59H37F3N6/c1-37-30-44(59(60,61)62)27-28-45(37)43-26-29-55-47(33-43)46-24-14-15-25-54(46)68(55)56-48(52-34-50(39-16-6-2-7-17-39)64-57(66-52)41-20-10-4-11-21-41)31-38(36-63)32-49(56)53-35-51(40-18-8-3-9-19-40)65-58(67-53)42-22-12-5-13-23-42/h2-35H,1H3. The van der Waals surface area contributed by atoms with E-state index in [1.807, 2.05) is 176 Å². The zero-order valence-electron chi connectivity index (χ0n) is 36.4.